The molecule has 182 valence electrons. The molecule has 1 aliphatic rings. The van der Waals surface area contributed by atoms with Crippen LogP contribution in [0.5, 0.6) is 0 Å². The highest BCUT2D eigenvalue weighted by Crippen LogP contribution is 2.21. The second-order valence-corrected chi connectivity index (χ2v) is 9.15. The van der Waals surface area contributed by atoms with Crippen molar-refractivity contribution in [3.8, 4) is 5.69 Å². The molecular formula is C29H28N4O3. The molecule has 1 amide bonds. The molecule has 2 aromatic carbocycles. The molecule has 0 aliphatic carbocycles. The number of rotatable bonds is 5. The molecule has 0 bridgehead atoms. The Morgan fingerprint density at radius 2 is 1.69 bits per heavy atom. The smallest absolute Gasteiger partial charge is 0.337 e. The fraction of sp³-hybridized carbons (Fsp3) is 0.241. The van der Waals surface area contributed by atoms with E-state index < -0.39 is 11.2 Å². The Morgan fingerprint density at radius 1 is 1.00 bits per heavy atom. The molecule has 0 N–H and O–H groups in total. The summed E-state index contributed by atoms with van der Waals surface area (Å²) in [6, 6.07) is 18.3. The minimum atomic E-state index is -0.511. The van der Waals surface area contributed by atoms with Gasteiger partial charge < -0.3 is 4.90 Å². The number of benzene rings is 2. The predicted octanol–water partition coefficient (Wildman–Crippen LogP) is 4.17. The number of piperidine rings is 1. The number of aryl methyl sites for hydroxylation is 1. The first-order valence-corrected chi connectivity index (χ1v) is 12.2. The van der Waals surface area contributed by atoms with E-state index in [4.69, 9.17) is 0 Å². The molecule has 2 aromatic heterocycles. The van der Waals surface area contributed by atoms with Crippen LogP contribution in [-0.2, 0) is 6.54 Å². The van der Waals surface area contributed by atoms with Gasteiger partial charge in [-0.3, -0.25) is 14.2 Å². The van der Waals surface area contributed by atoms with Gasteiger partial charge >= 0.3 is 5.69 Å². The van der Waals surface area contributed by atoms with E-state index in [2.05, 4.69) is 11.6 Å². The maximum absolute atomic E-state index is 13.9. The number of carbonyl (C=O) groups excluding carboxylic acids is 1. The van der Waals surface area contributed by atoms with Gasteiger partial charge in [0.15, 0.2) is 5.65 Å². The van der Waals surface area contributed by atoms with E-state index in [1.807, 2.05) is 42.5 Å². The topological polar surface area (TPSA) is 77.2 Å². The maximum Gasteiger partial charge on any atom is 0.337 e. The Morgan fingerprint density at radius 3 is 2.36 bits per heavy atom. The molecule has 1 aliphatic heterocycles. The molecule has 0 radical (unpaired) electrons. The Labute approximate surface area is 209 Å². The normalized spacial score (nSPS) is 13.6. The number of amides is 1. The van der Waals surface area contributed by atoms with E-state index in [1.54, 1.807) is 36.1 Å². The number of para-hydroxylation sites is 1. The van der Waals surface area contributed by atoms with Crippen LogP contribution in [-0.4, -0.2) is 38.0 Å². The number of hydrogen-bond acceptors (Lipinski definition) is 4. The summed E-state index contributed by atoms with van der Waals surface area (Å²) in [7, 11) is 0. The number of hydrogen-bond donors (Lipinski definition) is 0. The predicted molar refractivity (Wildman–Crippen MR) is 142 cm³/mol. The van der Waals surface area contributed by atoms with Crippen molar-refractivity contribution in [1.29, 1.82) is 0 Å². The van der Waals surface area contributed by atoms with E-state index in [-0.39, 0.29) is 23.5 Å². The maximum atomic E-state index is 13.9. The Hall–Kier alpha value is -4.26. The van der Waals surface area contributed by atoms with Crippen molar-refractivity contribution in [2.75, 3.05) is 13.1 Å². The lowest BCUT2D eigenvalue weighted by molar-refractivity contribution is 0.0726. The first-order chi connectivity index (χ1) is 17.5. The average molecular weight is 481 g/mol. The van der Waals surface area contributed by atoms with Crippen molar-refractivity contribution < 1.29 is 4.79 Å². The van der Waals surface area contributed by atoms with Crippen molar-refractivity contribution in [3.05, 3.63) is 110 Å². The third kappa shape index (κ3) is 4.28. The zero-order valence-electron chi connectivity index (χ0n) is 20.3. The van der Waals surface area contributed by atoms with Crippen molar-refractivity contribution in [2.24, 2.45) is 0 Å². The summed E-state index contributed by atoms with van der Waals surface area (Å²) < 4.78 is 2.64. The minimum Gasteiger partial charge on any atom is -0.339 e. The van der Waals surface area contributed by atoms with Crippen molar-refractivity contribution in [3.63, 3.8) is 0 Å². The zero-order valence-corrected chi connectivity index (χ0v) is 20.3. The molecule has 7 nitrogen and oxygen atoms in total. The number of fused-ring (bicyclic) bond motifs is 1. The lowest BCUT2D eigenvalue weighted by Gasteiger charge is -2.27. The number of likely N-dealkylation sites (tertiary alicyclic amines) is 1. The van der Waals surface area contributed by atoms with Gasteiger partial charge in [0.1, 0.15) is 0 Å². The molecule has 3 heterocycles. The van der Waals surface area contributed by atoms with Gasteiger partial charge in [-0.25, -0.2) is 14.3 Å². The van der Waals surface area contributed by atoms with Crippen LogP contribution in [0.3, 0.4) is 0 Å². The van der Waals surface area contributed by atoms with Crippen LogP contribution in [0, 0.1) is 6.92 Å². The second-order valence-electron chi connectivity index (χ2n) is 9.15. The van der Waals surface area contributed by atoms with E-state index >= 15 is 0 Å². The summed E-state index contributed by atoms with van der Waals surface area (Å²) in [5.41, 5.74) is 2.38. The van der Waals surface area contributed by atoms with Gasteiger partial charge in [-0.05, 0) is 55.5 Å². The first-order valence-electron chi connectivity index (χ1n) is 12.2. The van der Waals surface area contributed by atoms with E-state index in [1.165, 1.54) is 9.13 Å². The van der Waals surface area contributed by atoms with Crippen LogP contribution in [0.1, 0.15) is 46.4 Å². The van der Waals surface area contributed by atoms with Gasteiger partial charge in [-0.1, -0.05) is 55.1 Å². The molecule has 5 rings (SSSR count). The molecule has 0 unspecified atom stereocenters. The van der Waals surface area contributed by atoms with Crippen LogP contribution in [0.4, 0.5) is 0 Å². The summed E-state index contributed by atoms with van der Waals surface area (Å²) in [5, 5.41) is 0.169. The van der Waals surface area contributed by atoms with Gasteiger partial charge in [-0.2, -0.15) is 0 Å². The number of carbonyl (C=O) groups is 1. The summed E-state index contributed by atoms with van der Waals surface area (Å²) >= 11 is 0. The van der Waals surface area contributed by atoms with Gasteiger partial charge in [0.25, 0.3) is 11.5 Å². The fourth-order valence-electron chi connectivity index (χ4n) is 4.79. The lowest BCUT2D eigenvalue weighted by atomic mass is 10.1. The highest BCUT2D eigenvalue weighted by Gasteiger charge is 2.26. The van der Waals surface area contributed by atoms with Gasteiger partial charge in [-0.15, -0.1) is 0 Å². The summed E-state index contributed by atoms with van der Waals surface area (Å²) in [6.07, 6.45) is 4.70. The summed E-state index contributed by atoms with van der Waals surface area (Å²) in [5.74, 6) is -0.192. The Kier molecular flexibility index (Phi) is 6.38. The lowest BCUT2D eigenvalue weighted by Crippen LogP contribution is -2.42. The van der Waals surface area contributed by atoms with Crippen LogP contribution in [0.25, 0.3) is 22.8 Å². The first kappa shape index (κ1) is 23.5. The highest BCUT2D eigenvalue weighted by molar-refractivity contribution is 6.05. The highest BCUT2D eigenvalue weighted by atomic mass is 16.2. The number of pyridine rings is 1. The molecule has 4 aromatic rings. The fourth-order valence-corrected chi connectivity index (χ4v) is 4.79. The largest absolute Gasteiger partial charge is 0.339 e. The molecule has 36 heavy (non-hydrogen) atoms. The molecule has 1 fully saturated rings. The van der Waals surface area contributed by atoms with Crippen LogP contribution < -0.4 is 11.2 Å². The van der Waals surface area contributed by atoms with Crippen molar-refractivity contribution in [1.82, 2.24) is 19.0 Å². The number of nitrogens with zero attached hydrogens (tertiary/aromatic N) is 4. The molecule has 7 heteroatoms. The van der Waals surface area contributed by atoms with E-state index in [0.29, 0.717) is 30.0 Å². The third-order valence-electron chi connectivity index (χ3n) is 6.67. The van der Waals surface area contributed by atoms with Gasteiger partial charge in [0.2, 0.25) is 0 Å². The van der Waals surface area contributed by atoms with Crippen LogP contribution >= 0.6 is 0 Å². The quantitative estimate of drug-likeness (QED) is 0.430. The third-order valence-corrected chi connectivity index (χ3v) is 6.67. The van der Waals surface area contributed by atoms with Crippen LogP contribution in [0.15, 0.2) is 76.8 Å². The minimum absolute atomic E-state index is 0.0725. The number of aromatic nitrogens is 3. The average Bonchev–Trinajstić information content (AvgIpc) is 2.91. The molecular weight excluding hydrogens is 452 g/mol. The van der Waals surface area contributed by atoms with Crippen molar-refractivity contribution in [2.45, 2.75) is 32.7 Å². The monoisotopic (exact) mass is 480 g/mol. The van der Waals surface area contributed by atoms with Gasteiger partial charge in [0, 0.05) is 18.8 Å². The van der Waals surface area contributed by atoms with Crippen molar-refractivity contribution >= 4 is 23.0 Å². The zero-order chi connectivity index (χ0) is 25.2. The summed E-state index contributed by atoms with van der Waals surface area (Å²) in [4.78, 5) is 47.7. The molecule has 0 spiro atoms. The second kappa shape index (κ2) is 9.77. The standard InChI is InChI=1S/C29H28N4O3/c1-3-21-12-14-22(15-13-21)19-32-28(35)25-24(27(34)31-16-8-5-9-17-31)18-20(2)30-26(25)33(29(32)36)23-10-6-4-7-11-23/h3-4,6-7,10-15,18H,1,5,8-9,16-17,19H2,2H3. The Bertz CT molecular complexity index is 1560. The van der Waals surface area contributed by atoms with E-state index in [9.17, 15) is 14.4 Å². The molecule has 1 saturated heterocycles. The Balaban J connectivity index is 1.79. The van der Waals surface area contributed by atoms with Crippen LogP contribution in [0.2, 0.25) is 0 Å². The van der Waals surface area contributed by atoms with Gasteiger partial charge in [0.05, 0.1) is 23.2 Å². The van der Waals surface area contributed by atoms with E-state index in [0.717, 1.165) is 30.4 Å². The molecule has 0 atom stereocenters. The summed E-state index contributed by atoms with van der Waals surface area (Å²) in [6.45, 7) is 6.93. The molecule has 0 saturated carbocycles. The SMILES string of the molecule is C=Cc1ccc(Cn2c(=O)c3c(C(=O)N4CCCCC4)cc(C)nc3n(-c3ccccc3)c2=O)cc1.